The monoisotopic (exact) mass is 396 g/mol. The van der Waals surface area contributed by atoms with Crippen LogP contribution in [0.4, 0.5) is 5.69 Å². The lowest BCUT2D eigenvalue weighted by molar-refractivity contribution is -0.116. The number of unbranched alkanes of at least 4 members (excludes halogenated alkanes) is 2. The van der Waals surface area contributed by atoms with E-state index in [0.29, 0.717) is 12.2 Å². The van der Waals surface area contributed by atoms with E-state index in [1.807, 2.05) is 42.5 Å². The summed E-state index contributed by atoms with van der Waals surface area (Å²) in [5.41, 5.74) is 3.99. The van der Waals surface area contributed by atoms with Gasteiger partial charge in [0.05, 0.1) is 0 Å². The van der Waals surface area contributed by atoms with Crippen LogP contribution in [0.1, 0.15) is 32.6 Å². The fourth-order valence-electron chi connectivity index (χ4n) is 2.69. The van der Waals surface area contributed by atoms with Crippen molar-refractivity contribution in [3.8, 4) is 11.1 Å². The van der Waals surface area contributed by atoms with E-state index in [0.717, 1.165) is 48.3 Å². The van der Waals surface area contributed by atoms with Gasteiger partial charge in [0.25, 0.3) is 0 Å². The van der Waals surface area contributed by atoms with Gasteiger partial charge >= 0.3 is 0 Å². The molecule has 0 spiro atoms. The molecule has 0 aliphatic rings. The van der Waals surface area contributed by atoms with E-state index in [4.69, 9.17) is 0 Å². The number of carbonyl (C=O) groups excluding carboxylic acids is 2. The molecule has 0 bridgehead atoms. The SMILES string of the molecule is C=C(CSC(C)=O)NCCCCCC(=O)Nc1ccc(-c2ccccc2)cc1. The summed E-state index contributed by atoms with van der Waals surface area (Å²) in [5, 5.41) is 6.27. The summed E-state index contributed by atoms with van der Waals surface area (Å²) in [6.45, 7) is 6.27. The first-order chi connectivity index (χ1) is 13.5. The lowest BCUT2D eigenvalue weighted by Crippen LogP contribution is -2.16. The van der Waals surface area contributed by atoms with Crippen molar-refractivity contribution in [2.45, 2.75) is 32.6 Å². The molecule has 148 valence electrons. The first-order valence-electron chi connectivity index (χ1n) is 9.55. The Hall–Kier alpha value is -2.53. The summed E-state index contributed by atoms with van der Waals surface area (Å²) in [4.78, 5) is 23.0. The molecule has 28 heavy (non-hydrogen) atoms. The Morgan fingerprint density at radius 1 is 0.929 bits per heavy atom. The van der Waals surface area contributed by atoms with Gasteiger partial charge in [-0.05, 0) is 36.1 Å². The Kier molecular flexibility index (Phi) is 9.35. The quantitative estimate of drug-likeness (QED) is 0.510. The van der Waals surface area contributed by atoms with Crippen molar-refractivity contribution in [2.24, 2.45) is 0 Å². The number of benzene rings is 2. The van der Waals surface area contributed by atoms with Gasteiger partial charge in [0.15, 0.2) is 5.12 Å². The van der Waals surface area contributed by atoms with Gasteiger partial charge in [0.2, 0.25) is 5.91 Å². The number of anilines is 1. The highest BCUT2D eigenvalue weighted by Gasteiger charge is 2.04. The minimum atomic E-state index is 0.0442. The summed E-state index contributed by atoms with van der Waals surface area (Å²) >= 11 is 1.26. The minimum Gasteiger partial charge on any atom is -0.388 e. The molecule has 0 saturated heterocycles. The van der Waals surface area contributed by atoms with Crippen LogP contribution in [0.15, 0.2) is 66.9 Å². The van der Waals surface area contributed by atoms with Crippen LogP contribution in [0, 0.1) is 0 Å². The zero-order valence-electron chi connectivity index (χ0n) is 16.4. The first kappa shape index (κ1) is 21.8. The van der Waals surface area contributed by atoms with Gasteiger partial charge in [0, 0.05) is 37.0 Å². The molecule has 2 aromatic carbocycles. The van der Waals surface area contributed by atoms with Crippen molar-refractivity contribution in [3.05, 3.63) is 66.9 Å². The van der Waals surface area contributed by atoms with Crippen LogP contribution < -0.4 is 10.6 Å². The minimum absolute atomic E-state index is 0.0442. The average Bonchev–Trinajstić information content (AvgIpc) is 2.70. The van der Waals surface area contributed by atoms with Gasteiger partial charge in [-0.2, -0.15) is 0 Å². The van der Waals surface area contributed by atoms with Crippen molar-refractivity contribution >= 4 is 28.5 Å². The van der Waals surface area contributed by atoms with E-state index in [-0.39, 0.29) is 11.0 Å². The normalized spacial score (nSPS) is 10.3. The summed E-state index contributed by atoms with van der Waals surface area (Å²) < 4.78 is 0. The van der Waals surface area contributed by atoms with E-state index in [1.165, 1.54) is 11.8 Å². The molecular weight excluding hydrogens is 368 g/mol. The molecule has 0 atom stereocenters. The largest absolute Gasteiger partial charge is 0.388 e. The highest BCUT2D eigenvalue weighted by atomic mass is 32.2. The lowest BCUT2D eigenvalue weighted by Gasteiger charge is -2.09. The first-order valence-corrected chi connectivity index (χ1v) is 10.5. The molecule has 4 nitrogen and oxygen atoms in total. The van der Waals surface area contributed by atoms with E-state index >= 15 is 0 Å². The third kappa shape index (κ3) is 8.44. The summed E-state index contributed by atoms with van der Waals surface area (Å²) in [5.74, 6) is 0.656. The topological polar surface area (TPSA) is 58.2 Å². The maximum absolute atomic E-state index is 12.1. The van der Waals surface area contributed by atoms with Crippen molar-refractivity contribution in [1.29, 1.82) is 0 Å². The fourth-order valence-corrected chi connectivity index (χ4v) is 3.17. The molecule has 2 rings (SSSR count). The second-order valence-corrected chi connectivity index (χ2v) is 7.77. The number of hydrogen-bond donors (Lipinski definition) is 2. The number of rotatable bonds is 11. The van der Waals surface area contributed by atoms with Crippen molar-refractivity contribution in [1.82, 2.24) is 5.32 Å². The zero-order chi connectivity index (χ0) is 20.2. The van der Waals surface area contributed by atoms with E-state index in [9.17, 15) is 9.59 Å². The molecule has 5 heteroatoms. The molecule has 0 aliphatic carbocycles. The molecule has 0 saturated carbocycles. The van der Waals surface area contributed by atoms with Crippen molar-refractivity contribution < 1.29 is 9.59 Å². The van der Waals surface area contributed by atoms with Gasteiger partial charge in [-0.25, -0.2) is 0 Å². The number of amides is 1. The number of carbonyl (C=O) groups is 2. The zero-order valence-corrected chi connectivity index (χ0v) is 17.2. The number of hydrogen-bond acceptors (Lipinski definition) is 4. The third-order valence-electron chi connectivity index (χ3n) is 4.18. The van der Waals surface area contributed by atoms with Crippen LogP contribution in [-0.2, 0) is 9.59 Å². The van der Waals surface area contributed by atoms with Crippen LogP contribution >= 0.6 is 11.8 Å². The van der Waals surface area contributed by atoms with Crippen molar-refractivity contribution in [3.63, 3.8) is 0 Å². The molecule has 0 unspecified atom stereocenters. The molecule has 0 aliphatic heterocycles. The van der Waals surface area contributed by atoms with Crippen molar-refractivity contribution in [2.75, 3.05) is 17.6 Å². The lowest BCUT2D eigenvalue weighted by atomic mass is 10.1. The van der Waals surface area contributed by atoms with Gasteiger partial charge in [0.1, 0.15) is 0 Å². The van der Waals surface area contributed by atoms with Gasteiger partial charge < -0.3 is 10.6 Å². The summed E-state index contributed by atoms with van der Waals surface area (Å²) in [7, 11) is 0. The van der Waals surface area contributed by atoms with Crippen LogP contribution in [-0.4, -0.2) is 23.3 Å². The van der Waals surface area contributed by atoms with E-state index < -0.39 is 0 Å². The molecule has 0 heterocycles. The van der Waals surface area contributed by atoms with E-state index in [1.54, 1.807) is 6.92 Å². The number of thioether (sulfide) groups is 1. The third-order valence-corrected chi connectivity index (χ3v) is 5.08. The average molecular weight is 397 g/mol. The highest BCUT2D eigenvalue weighted by molar-refractivity contribution is 8.13. The number of nitrogens with one attached hydrogen (secondary N) is 2. The molecule has 2 N–H and O–H groups in total. The molecule has 0 fully saturated rings. The highest BCUT2D eigenvalue weighted by Crippen LogP contribution is 2.21. The van der Waals surface area contributed by atoms with Crippen LogP contribution in [0.25, 0.3) is 11.1 Å². The van der Waals surface area contributed by atoms with Crippen LogP contribution in [0.5, 0.6) is 0 Å². The molecule has 0 radical (unpaired) electrons. The van der Waals surface area contributed by atoms with Crippen LogP contribution in [0.2, 0.25) is 0 Å². The van der Waals surface area contributed by atoms with E-state index in [2.05, 4.69) is 29.3 Å². The fraction of sp³-hybridized carbons (Fsp3) is 0.304. The maximum Gasteiger partial charge on any atom is 0.224 e. The Morgan fingerprint density at radius 2 is 1.61 bits per heavy atom. The second-order valence-electron chi connectivity index (χ2n) is 6.61. The maximum atomic E-state index is 12.1. The van der Waals surface area contributed by atoms with Gasteiger partial charge in [-0.1, -0.05) is 67.2 Å². The van der Waals surface area contributed by atoms with Gasteiger partial charge in [-0.15, -0.1) is 0 Å². The van der Waals surface area contributed by atoms with Gasteiger partial charge in [-0.3, -0.25) is 9.59 Å². The smallest absolute Gasteiger partial charge is 0.224 e. The Bertz CT molecular complexity index is 773. The molecule has 1 amide bonds. The van der Waals surface area contributed by atoms with Crippen LogP contribution in [0.3, 0.4) is 0 Å². The molecule has 2 aromatic rings. The predicted octanol–water partition coefficient (Wildman–Crippen LogP) is 5.24. The summed E-state index contributed by atoms with van der Waals surface area (Å²) in [6, 6.07) is 18.1. The summed E-state index contributed by atoms with van der Waals surface area (Å²) in [6.07, 6.45) is 3.31. The Labute approximate surface area is 171 Å². The molecular formula is C23H28N2O2S. The predicted molar refractivity (Wildman–Crippen MR) is 119 cm³/mol. The molecule has 0 aromatic heterocycles. The Morgan fingerprint density at radius 3 is 2.29 bits per heavy atom. The Balaban J connectivity index is 1.60. The standard InChI is InChI=1S/C23H28N2O2S/c1-18(17-28-19(2)26)24-16-8-4-7-11-23(27)25-22-14-12-21(13-15-22)20-9-5-3-6-10-20/h3,5-6,9-10,12-15,24H,1,4,7-8,11,16-17H2,2H3,(H,25,27). The second kappa shape index (κ2) is 12.0.